The first-order valence-corrected chi connectivity index (χ1v) is 7.23. The lowest BCUT2D eigenvalue weighted by Gasteiger charge is -2.20. The van der Waals surface area contributed by atoms with Crippen LogP contribution in [0.25, 0.3) is 0 Å². The normalized spacial score (nSPS) is 35.4. The number of aromatic nitrogens is 1. The van der Waals surface area contributed by atoms with E-state index in [1.54, 1.807) is 26.2 Å². The van der Waals surface area contributed by atoms with Gasteiger partial charge in [-0.15, -0.1) is 11.3 Å². The fraction of sp³-hybridized carbons (Fsp3) is 0.615. The van der Waals surface area contributed by atoms with Crippen molar-refractivity contribution in [3.8, 4) is 0 Å². The molecule has 2 saturated heterocycles. The van der Waals surface area contributed by atoms with E-state index in [1.165, 1.54) is 11.3 Å². The summed E-state index contributed by atoms with van der Waals surface area (Å²) in [5.41, 5.74) is 3.43. The molecule has 2 fully saturated rings. The Balaban J connectivity index is 1.99. The van der Waals surface area contributed by atoms with Gasteiger partial charge in [-0.25, -0.2) is 4.98 Å². The van der Waals surface area contributed by atoms with E-state index in [-0.39, 0.29) is 6.42 Å². The van der Waals surface area contributed by atoms with Crippen LogP contribution in [0.15, 0.2) is 5.38 Å². The van der Waals surface area contributed by atoms with E-state index < -0.39 is 28.6 Å². The molecule has 7 heteroatoms. The van der Waals surface area contributed by atoms with E-state index >= 15 is 0 Å². The molecule has 0 amide bonds. The van der Waals surface area contributed by atoms with Crippen molar-refractivity contribution in [1.29, 1.82) is 0 Å². The zero-order valence-electron chi connectivity index (χ0n) is 11.6. The number of nitrogens with two attached hydrogens (primary N) is 1. The van der Waals surface area contributed by atoms with Crippen molar-refractivity contribution in [3.05, 3.63) is 11.1 Å². The third kappa shape index (κ3) is 1.72. The van der Waals surface area contributed by atoms with Gasteiger partial charge in [0, 0.05) is 18.2 Å². The Hall–Kier alpha value is -1.63. The summed E-state index contributed by atoms with van der Waals surface area (Å²) < 4.78 is 10.8. The number of ether oxygens (including phenoxy) is 2. The summed E-state index contributed by atoms with van der Waals surface area (Å²) in [7, 11) is 0. The molecular formula is C13H16N2O4S. The molecule has 3 heterocycles. The Morgan fingerprint density at radius 1 is 1.20 bits per heavy atom. The molecule has 2 aliphatic heterocycles. The Morgan fingerprint density at radius 3 is 2.35 bits per heavy atom. The number of thiazole rings is 1. The number of rotatable bonds is 1. The highest BCUT2D eigenvalue weighted by Crippen LogP contribution is 2.54. The van der Waals surface area contributed by atoms with Crippen LogP contribution >= 0.6 is 11.3 Å². The molecule has 0 unspecified atom stereocenters. The highest BCUT2D eigenvalue weighted by Gasteiger charge is 2.67. The third-order valence-electron chi connectivity index (χ3n) is 3.90. The van der Waals surface area contributed by atoms with Crippen LogP contribution in [0.1, 0.15) is 39.3 Å². The first-order valence-electron chi connectivity index (χ1n) is 6.35. The molecular weight excluding hydrogens is 280 g/mol. The number of anilines is 1. The van der Waals surface area contributed by atoms with Gasteiger partial charge in [0.2, 0.25) is 0 Å². The summed E-state index contributed by atoms with van der Waals surface area (Å²) in [4.78, 5) is 28.7. The fourth-order valence-electron chi connectivity index (χ4n) is 3.13. The van der Waals surface area contributed by atoms with Crippen molar-refractivity contribution in [1.82, 2.24) is 4.98 Å². The third-order valence-corrected chi connectivity index (χ3v) is 4.57. The molecule has 0 bridgehead atoms. The van der Waals surface area contributed by atoms with Crippen molar-refractivity contribution in [2.45, 2.75) is 44.8 Å². The Labute approximate surface area is 120 Å². The van der Waals surface area contributed by atoms with Crippen LogP contribution in [0, 0.1) is 5.41 Å². The van der Waals surface area contributed by atoms with Gasteiger partial charge in [0.15, 0.2) is 16.1 Å². The molecule has 0 aromatic carbocycles. The van der Waals surface area contributed by atoms with Crippen LogP contribution in [0.5, 0.6) is 0 Å². The van der Waals surface area contributed by atoms with Gasteiger partial charge in [-0.3, -0.25) is 9.59 Å². The minimum atomic E-state index is -1.21. The molecule has 6 nitrogen and oxygen atoms in total. The Bertz CT molecular complexity index is 611. The van der Waals surface area contributed by atoms with Gasteiger partial charge in [0.25, 0.3) is 0 Å². The predicted molar refractivity (Wildman–Crippen MR) is 71.8 cm³/mol. The minimum absolute atomic E-state index is 0.240. The average molecular weight is 296 g/mol. The molecule has 20 heavy (non-hydrogen) atoms. The summed E-state index contributed by atoms with van der Waals surface area (Å²) in [5, 5.41) is 2.17. The van der Waals surface area contributed by atoms with Crippen molar-refractivity contribution >= 4 is 28.4 Å². The number of hydrogen-bond donors (Lipinski definition) is 1. The quantitative estimate of drug-likeness (QED) is 0.625. The summed E-state index contributed by atoms with van der Waals surface area (Å²) in [5.74, 6) is -1.03. The predicted octanol–water partition coefficient (Wildman–Crippen LogP) is 1.60. The topological polar surface area (TPSA) is 91.5 Å². The number of nitrogens with zero attached hydrogens (tertiary/aromatic N) is 1. The zero-order chi connectivity index (χ0) is 14.8. The molecule has 108 valence electrons. The monoisotopic (exact) mass is 296 g/mol. The first kappa shape index (κ1) is 13.4. The SMILES string of the molecule is CC1(C)C[C@@]2(C[C@@](C)(c3csc(N)n3)OC2=O)C(=O)O1. The lowest BCUT2D eigenvalue weighted by molar-refractivity contribution is -0.161. The van der Waals surface area contributed by atoms with Crippen molar-refractivity contribution in [2.24, 2.45) is 5.41 Å². The van der Waals surface area contributed by atoms with Gasteiger partial charge >= 0.3 is 11.9 Å². The number of nitrogen functional groups attached to an aromatic ring is 1. The maximum Gasteiger partial charge on any atom is 0.324 e. The molecule has 2 aliphatic rings. The van der Waals surface area contributed by atoms with E-state index in [4.69, 9.17) is 15.2 Å². The highest BCUT2D eigenvalue weighted by atomic mass is 32.1. The van der Waals surface area contributed by atoms with Crippen molar-refractivity contribution in [3.63, 3.8) is 0 Å². The number of cyclic esters (lactones) is 2. The zero-order valence-corrected chi connectivity index (χ0v) is 12.4. The standard InChI is InChI=1S/C13H16N2O4S/c1-11(2)5-13(8(16)18-11)6-12(3,19-9(13)17)7-4-20-10(14)15-7/h4H,5-6H2,1-3H3,(H2,14,15)/t12-,13+/m0/s1. The summed E-state index contributed by atoms with van der Waals surface area (Å²) >= 11 is 1.28. The summed E-state index contributed by atoms with van der Waals surface area (Å²) in [6, 6.07) is 0. The summed E-state index contributed by atoms with van der Waals surface area (Å²) in [6.45, 7) is 5.35. The number of carbonyl (C=O) groups excluding carboxylic acids is 2. The fourth-order valence-corrected chi connectivity index (χ4v) is 3.82. The van der Waals surface area contributed by atoms with Gasteiger partial charge < -0.3 is 15.2 Å². The van der Waals surface area contributed by atoms with Crippen LogP contribution in [-0.4, -0.2) is 22.5 Å². The first-order chi connectivity index (χ1) is 9.17. The van der Waals surface area contributed by atoms with Crippen molar-refractivity contribution < 1.29 is 19.1 Å². The van der Waals surface area contributed by atoms with E-state index in [9.17, 15) is 9.59 Å². The van der Waals surface area contributed by atoms with Gasteiger partial charge in [0.05, 0.1) is 5.69 Å². The van der Waals surface area contributed by atoms with Crippen LogP contribution < -0.4 is 5.73 Å². The Morgan fingerprint density at radius 2 is 1.85 bits per heavy atom. The van der Waals surface area contributed by atoms with Crippen LogP contribution in [0.4, 0.5) is 5.13 Å². The van der Waals surface area contributed by atoms with Crippen LogP contribution in [0.2, 0.25) is 0 Å². The van der Waals surface area contributed by atoms with Crippen LogP contribution in [-0.2, 0) is 24.7 Å². The second-order valence-electron chi connectivity index (χ2n) is 6.28. The molecule has 1 aromatic rings. The van der Waals surface area contributed by atoms with Crippen LogP contribution in [0.3, 0.4) is 0 Å². The molecule has 0 aliphatic carbocycles. The molecule has 1 spiro atoms. The van der Waals surface area contributed by atoms with E-state index in [0.717, 1.165) is 0 Å². The molecule has 3 rings (SSSR count). The van der Waals surface area contributed by atoms with Gasteiger partial charge in [0.1, 0.15) is 5.60 Å². The molecule has 1 aromatic heterocycles. The van der Waals surface area contributed by atoms with Gasteiger partial charge in [-0.1, -0.05) is 0 Å². The highest BCUT2D eigenvalue weighted by molar-refractivity contribution is 7.13. The molecule has 2 N–H and O–H groups in total. The molecule has 0 radical (unpaired) electrons. The van der Waals surface area contributed by atoms with E-state index in [0.29, 0.717) is 17.2 Å². The number of esters is 2. The van der Waals surface area contributed by atoms with E-state index in [1.807, 2.05) is 0 Å². The minimum Gasteiger partial charge on any atom is -0.459 e. The second-order valence-corrected chi connectivity index (χ2v) is 7.17. The summed E-state index contributed by atoms with van der Waals surface area (Å²) in [6.07, 6.45) is 0.567. The average Bonchev–Trinajstić information content (AvgIpc) is 2.88. The lowest BCUT2D eigenvalue weighted by Crippen LogP contribution is -2.32. The maximum absolute atomic E-state index is 12.3. The van der Waals surface area contributed by atoms with E-state index in [2.05, 4.69) is 4.98 Å². The van der Waals surface area contributed by atoms with Gasteiger partial charge in [-0.2, -0.15) is 0 Å². The largest absolute Gasteiger partial charge is 0.459 e. The number of carbonyl (C=O) groups is 2. The van der Waals surface area contributed by atoms with Crippen molar-refractivity contribution in [2.75, 3.05) is 5.73 Å². The second kappa shape index (κ2) is 3.72. The Kier molecular flexibility index (Phi) is 2.48. The van der Waals surface area contributed by atoms with Gasteiger partial charge in [-0.05, 0) is 20.8 Å². The lowest BCUT2D eigenvalue weighted by atomic mass is 9.75. The molecule has 0 saturated carbocycles. The maximum atomic E-state index is 12.3. The molecule has 2 atom stereocenters. The smallest absolute Gasteiger partial charge is 0.324 e. The number of hydrogen-bond acceptors (Lipinski definition) is 7.